The first-order valence-electron chi connectivity index (χ1n) is 9.77. The fourth-order valence-electron chi connectivity index (χ4n) is 3.66. The number of aromatic nitrogens is 2. The average molecular weight is 429 g/mol. The summed E-state index contributed by atoms with van der Waals surface area (Å²) in [4.78, 5) is 47.2. The normalized spacial score (nSPS) is 17.4. The number of likely N-dealkylation sites (tertiary alicyclic amines) is 1. The molecule has 4 rings (SSSR count). The third-order valence-electron chi connectivity index (χ3n) is 5.22. The van der Waals surface area contributed by atoms with Crippen LogP contribution >= 0.6 is 0 Å². The lowest BCUT2D eigenvalue weighted by molar-refractivity contribution is -0.140. The summed E-state index contributed by atoms with van der Waals surface area (Å²) in [7, 11) is 1.29. The van der Waals surface area contributed by atoms with Crippen molar-refractivity contribution in [2.45, 2.75) is 12.6 Å². The quantitative estimate of drug-likeness (QED) is 0.287. The molecule has 0 bridgehead atoms. The minimum absolute atomic E-state index is 0.0316. The van der Waals surface area contributed by atoms with Crippen molar-refractivity contribution < 1.29 is 24.2 Å². The lowest BCUT2D eigenvalue weighted by atomic mass is 9.94. The molecule has 3 heterocycles. The van der Waals surface area contributed by atoms with E-state index in [1.165, 1.54) is 24.4 Å². The van der Waals surface area contributed by atoms with Crippen molar-refractivity contribution >= 4 is 23.4 Å². The summed E-state index contributed by atoms with van der Waals surface area (Å²) in [6.07, 6.45) is 6.20. The van der Waals surface area contributed by atoms with Gasteiger partial charge in [0.05, 0.1) is 24.3 Å². The average Bonchev–Trinajstić information content (AvgIpc) is 3.09. The second-order valence-corrected chi connectivity index (χ2v) is 7.14. The SMILES string of the molecule is COC(=O)c1ccc(C2/C(=C(\O)c3ccncc3)C(=O)C(=O)N2Cc2cccnc2)cc1. The molecule has 32 heavy (non-hydrogen) atoms. The number of carbonyl (C=O) groups is 3. The molecule has 1 N–H and O–H groups in total. The number of hydrogen-bond acceptors (Lipinski definition) is 7. The highest BCUT2D eigenvalue weighted by Gasteiger charge is 2.46. The molecule has 0 saturated carbocycles. The van der Waals surface area contributed by atoms with Gasteiger partial charge in [-0.2, -0.15) is 0 Å². The number of methoxy groups -OCH3 is 1. The minimum Gasteiger partial charge on any atom is -0.507 e. The van der Waals surface area contributed by atoms with Gasteiger partial charge in [-0.15, -0.1) is 0 Å². The Balaban J connectivity index is 1.84. The third-order valence-corrected chi connectivity index (χ3v) is 5.22. The number of amides is 1. The van der Waals surface area contributed by atoms with Crippen LogP contribution in [0.3, 0.4) is 0 Å². The summed E-state index contributed by atoms with van der Waals surface area (Å²) in [6, 6.07) is 12.2. The van der Waals surface area contributed by atoms with E-state index in [0.29, 0.717) is 16.7 Å². The van der Waals surface area contributed by atoms with E-state index in [1.807, 2.05) is 0 Å². The van der Waals surface area contributed by atoms with Crippen LogP contribution in [0.25, 0.3) is 5.76 Å². The molecule has 0 radical (unpaired) electrons. The van der Waals surface area contributed by atoms with Crippen LogP contribution in [0, 0.1) is 0 Å². The van der Waals surface area contributed by atoms with Crippen molar-refractivity contribution in [2.24, 2.45) is 0 Å². The molecule has 1 amide bonds. The van der Waals surface area contributed by atoms with Gasteiger partial charge in [0.25, 0.3) is 11.7 Å². The van der Waals surface area contributed by atoms with Gasteiger partial charge < -0.3 is 14.7 Å². The van der Waals surface area contributed by atoms with Crippen molar-refractivity contribution in [1.29, 1.82) is 0 Å². The Morgan fingerprint density at radius 2 is 1.72 bits per heavy atom. The molecular formula is C24H19N3O5. The Bertz CT molecular complexity index is 1190. The molecule has 1 unspecified atom stereocenters. The first-order valence-corrected chi connectivity index (χ1v) is 9.77. The predicted octanol–water partition coefficient (Wildman–Crippen LogP) is 2.89. The van der Waals surface area contributed by atoms with Crippen molar-refractivity contribution in [1.82, 2.24) is 14.9 Å². The number of ketones is 1. The number of carbonyl (C=O) groups excluding carboxylic acids is 3. The van der Waals surface area contributed by atoms with Gasteiger partial charge in [0.2, 0.25) is 0 Å². The number of pyridine rings is 2. The molecule has 1 atom stereocenters. The van der Waals surface area contributed by atoms with E-state index in [9.17, 15) is 19.5 Å². The molecule has 3 aromatic rings. The summed E-state index contributed by atoms with van der Waals surface area (Å²) in [5.74, 6) is -2.31. The van der Waals surface area contributed by atoms with Crippen LogP contribution in [0.4, 0.5) is 0 Å². The Kier molecular flexibility index (Phi) is 5.76. The van der Waals surface area contributed by atoms with Crippen LogP contribution in [0.2, 0.25) is 0 Å². The second-order valence-electron chi connectivity index (χ2n) is 7.14. The number of hydrogen-bond donors (Lipinski definition) is 1. The van der Waals surface area contributed by atoms with Crippen LogP contribution in [-0.2, 0) is 20.9 Å². The third kappa shape index (κ3) is 3.85. The highest BCUT2D eigenvalue weighted by Crippen LogP contribution is 2.40. The van der Waals surface area contributed by atoms with Crippen LogP contribution in [-0.4, -0.2) is 44.7 Å². The van der Waals surface area contributed by atoms with Crippen molar-refractivity contribution in [2.75, 3.05) is 7.11 Å². The van der Waals surface area contributed by atoms with E-state index < -0.39 is 23.7 Å². The molecule has 0 aliphatic carbocycles. The van der Waals surface area contributed by atoms with Crippen LogP contribution < -0.4 is 0 Å². The molecule has 2 aromatic heterocycles. The molecular weight excluding hydrogens is 410 g/mol. The van der Waals surface area contributed by atoms with E-state index >= 15 is 0 Å². The van der Waals surface area contributed by atoms with Gasteiger partial charge in [-0.1, -0.05) is 18.2 Å². The summed E-state index contributed by atoms with van der Waals surface area (Å²) in [6.45, 7) is 0.120. The van der Waals surface area contributed by atoms with Gasteiger partial charge in [-0.3, -0.25) is 19.6 Å². The number of benzene rings is 1. The zero-order chi connectivity index (χ0) is 22.7. The molecule has 8 heteroatoms. The number of aliphatic hydroxyl groups excluding tert-OH is 1. The fourth-order valence-corrected chi connectivity index (χ4v) is 3.66. The maximum Gasteiger partial charge on any atom is 0.337 e. The Hall–Kier alpha value is -4.33. The summed E-state index contributed by atoms with van der Waals surface area (Å²) < 4.78 is 4.73. The molecule has 8 nitrogen and oxygen atoms in total. The number of nitrogens with zero attached hydrogens (tertiary/aromatic N) is 3. The number of aliphatic hydroxyl groups is 1. The largest absolute Gasteiger partial charge is 0.507 e. The fraction of sp³-hybridized carbons (Fsp3) is 0.125. The molecule has 1 fully saturated rings. The molecule has 1 aliphatic heterocycles. The van der Waals surface area contributed by atoms with Gasteiger partial charge in [-0.05, 0) is 41.5 Å². The van der Waals surface area contributed by atoms with Crippen molar-refractivity contribution in [3.8, 4) is 0 Å². The topological polar surface area (TPSA) is 110 Å². The highest BCUT2D eigenvalue weighted by molar-refractivity contribution is 6.46. The van der Waals surface area contributed by atoms with E-state index in [-0.39, 0.29) is 17.9 Å². The van der Waals surface area contributed by atoms with Gasteiger partial charge in [0, 0.05) is 36.9 Å². The van der Waals surface area contributed by atoms with E-state index in [4.69, 9.17) is 4.74 Å². The number of rotatable bonds is 5. The maximum absolute atomic E-state index is 13.0. The summed E-state index contributed by atoms with van der Waals surface area (Å²) >= 11 is 0. The number of Topliss-reactive ketones (excluding diaryl/α,β-unsaturated/α-hetero) is 1. The number of ether oxygens (including phenoxy) is 1. The zero-order valence-corrected chi connectivity index (χ0v) is 17.1. The second kappa shape index (κ2) is 8.81. The molecule has 160 valence electrons. The first kappa shape index (κ1) is 20.9. The van der Waals surface area contributed by atoms with Crippen molar-refractivity contribution in [3.63, 3.8) is 0 Å². The molecule has 1 saturated heterocycles. The zero-order valence-electron chi connectivity index (χ0n) is 17.1. The van der Waals surface area contributed by atoms with Crippen LogP contribution in [0.15, 0.2) is 78.9 Å². The lowest BCUT2D eigenvalue weighted by Gasteiger charge is -2.25. The summed E-state index contributed by atoms with van der Waals surface area (Å²) in [5.41, 5.74) is 1.96. The van der Waals surface area contributed by atoms with E-state index in [0.717, 1.165) is 5.56 Å². The van der Waals surface area contributed by atoms with Crippen LogP contribution in [0.1, 0.15) is 33.1 Å². The van der Waals surface area contributed by atoms with Gasteiger partial charge in [0.15, 0.2) is 0 Å². The van der Waals surface area contributed by atoms with E-state index in [2.05, 4.69) is 9.97 Å². The first-order chi connectivity index (χ1) is 15.5. The van der Waals surface area contributed by atoms with Gasteiger partial charge >= 0.3 is 5.97 Å². The Morgan fingerprint density at radius 1 is 1.00 bits per heavy atom. The Labute approximate surface area is 183 Å². The van der Waals surface area contributed by atoms with Gasteiger partial charge in [0.1, 0.15) is 5.76 Å². The Morgan fingerprint density at radius 3 is 2.34 bits per heavy atom. The standard InChI is InChI=1S/C24H19N3O5/c1-32-24(31)18-6-4-16(5-7-18)20-19(21(28)17-8-11-25-12-9-17)22(29)23(30)27(20)14-15-3-2-10-26-13-15/h2-13,20,28H,14H2,1H3/b21-19+. The predicted molar refractivity (Wildman–Crippen MR) is 114 cm³/mol. The minimum atomic E-state index is -0.852. The molecule has 1 aromatic carbocycles. The highest BCUT2D eigenvalue weighted by atomic mass is 16.5. The molecule has 0 spiro atoms. The van der Waals surface area contributed by atoms with Crippen molar-refractivity contribution in [3.05, 3.63) is 101 Å². The smallest absolute Gasteiger partial charge is 0.337 e. The van der Waals surface area contributed by atoms with Gasteiger partial charge in [-0.25, -0.2) is 4.79 Å². The maximum atomic E-state index is 13.0. The van der Waals surface area contributed by atoms with E-state index in [1.54, 1.807) is 60.9 Å². The summed E-state index contributed by atoms with van der Waals surface area (Å²) in [5, 5.41) is 11.0. The van der Waals surface area contributed by atoms with Crippen LogP contribution in [0.5, 0.6) is 0 Å². The monoisotopic (exact) mass is 429 g/mol. The number of esters is 1. The molecule has 1 aliphatic rings. The lowest BCUT2D eigenvalue weighted by Crippen LogP contribution is -2.29.